The number of aromatic carboxylic acids is 1. The monoisotopic (exact) mass is 477 g/mol. The SMILES string of the molecule is Cc1ccc(SCC(NC(=O)OCC2c3ccccc3-c3ccccc32)C(=O)O)c(C(=O)O)c1. The van der Waals surface area contributed by atoms with Crippen LogP contribution in [0.2, 0.25) is 0 Å². The van der Waals surface area contributed by atoms with Crippen LogP contribution in [0.1, 0.15) is 33.0 Å². The second-order valence-electron chi connectivity index (χ2n) is 7.98. The summed E-state index contributed by atoms with van der Waals surface area (Å²) >= 11 is 1.06. The molecule has 0 bridgehead atoms. The van der Waals surface area contributed by atoms with E-state index in [1.165, 1.54) is 6.07 Å². The van der Waals surface area contributed by atoms with Crippen LogP contribution in [0.4, 0.5) is 4.79 Å². The first-order valence-corrected chi connectivity index (χ1v) is 11.6. The first-order valence-electron chi connectivity index (χ1n) is 10.7. The van der Waals surface area contributed by atoms with Crippen molar-refractivity contribution in [1.29, 1.82) is 0 Å². The summed E-state index contributed by atoms with van der Waals surface area (Å²) in [6, 6.07) is 19.5. The lowest BCUT2D eigenvalue weighted by atomic mass is 9.98. The van der Waals surface area contributed by atoms with Crippen molar-refractivity contribution in [2.75, 3.05) is 12.4 Å². The predicted molar refractivity (Wildman–Crippen MR) is 128 cm³/mol. The molecule has 1 atom stereocenters. The highest BCUT2D eigenvalue weighted by atomic mass is 32.2. The molecule has 0 aliphatic heterocycles. The summed E-state index contributed by atoms with van der Waals surface area (Å²) in [7, 11) is 0. The number of hydrogen-bond donors (Lipinski definition) is 3. The molecular weight excluding hydrogens is 454 g/mol. The van der Waals surface area contributed by atoms with Crippen LogP contribution >= 0.6 is 11.8 Å². The van der Waals surface area contributed by atoms with Gasteiger partial charge in [0.15, 0.2) is 0 Å². The first-order chi connectivity index (χ1) is 16.3. The second kappa shape index (κ2) is 10.0. The Labute approximate surface area is 200 Å². The number of nitrogens with one attached hydrogen (secondary N) is 1. The van der Waals surface area contributed by atoms with Gasteiger partial charge in [-0.25, -0.2) is 14.4 Å². The number of ether oxygens (including phenoxy) is 1. The van der Waals surface area contributed by atoms with Crippen molar-refractivity contribution in [3.8, 4) is 11.1 Å². The van der Waals surface area contributed by atoms with Gasteiger partial charge in [-0.2, -0.15) is 0 Å². The number of fused-ring (bicyclic) bond motifs is 3. The fourth-order valence-corrected chi connectivity index (χ4v) is 5.11. The summed E-state index contributed by atoms with van der Waals surface area (Å²) in [4.78, 5) is 36.1. The van der Waals surface area contributed by atoms with Crippen LogP contribution in [-0.2, 0) is 9.53 Å². The number of carboxylic acid groups (broad SMARTS) is 2. The molecule has 174 valence electrons. The quantitative estimate of drug-likeness (QED) is 0.400. The second-order valence-corrected chi connectivity index (χ2v) is 9.04. The fraction of sp³-hybridized carbons (Fsp3) is 0.192. The third-order valence-electron chi connectivity index (χ3n) is 5.70. The van der Waals surface area contributed by atoms with Gasteiger partial charge in [-0.05, 0) is 41.3 Å². The highest BCUT2D eigenvalue weighted by Crippen LogP contribution is 2.44. The van der Waals surface area contributed by atoms with E-state index in [0.717, 1.165) is 39.6 Å². The maximum absolute atomic E-state index is 12.5. The van der Waals surface area contributed by atoms with Crippen molar-refractivity contribution in [2.24, 2.45) is 0 Å². The number of benzene rings is 3. The minimum Gasteiger partial charge on any atom is -0.480 e. The van der Waals surface area contributed by atoms with Crippen LogP contribution < -0.4 is 5.32 Å². The topological polar surface area (TPSA) is 113 Å². The molecule has 4 rings (SSSR count). The molecule has 0 fully saturated rings. The zero-order valence-electron chi connectivity index (χ0n) is 18.4. The van der Waals surface area contributed by atoms with Gasteiger partial charge in [0, 0.05) is 16.6 Å². The minimum atomic E-state index is -1.25. The van der Waals surface area contributed by atoms with Crippen molar-refractivity contribution in [1.82, 2.24) is 5.32 Å². The van der Waals surface area contributed by atoms with Crippen LogP contribution in [0.5, 0.6) is 0 Å². The van der Waals surface area contributed by atoms with Gasteiger partial charge in [0.25, 0.3) is 0 Å². The lowest BCUT2D eigenvalue weighted by Gasteiger charge is -2.17. The van der Waals surface area contributed by atoms with E-state index < -0.39 is 24.1 Å². The van der Waals surface area contributed by atoms with Crippen molar-refractivity contribution < 1.29 is 29.3 Å². The maximum atomic E-state index is 12.5. The van der Waals surface area contributed by atoms with Crippen molar-refractivity contribution >= 4 is 29.8 Å². The smallest absolute Gasteiger partial charge is 0.407 e. The summed E-state index contributed by atoms with van der Waals surface area (Å²) in [6.07, 6.45) is -0.836. The van der Waals surface area contributed by atoms with Crippen molar-refractivity contribution in [3.63, 3.8) is 0 Å². The normalized spacial score (nSPS) is 13.0. The number of thioether (sulfide) groups is 1. The number of aliphatic carboxylic acids is 1. The molecule has 0 radical (unpaired) electrons. The Balaban J connectivity index is 1.40. The summed E-state index contributed by atoms with van der Waals surface area (Å²) < 4.78 is 5.43. The molecular formula is C26H23NO6S. The van der Waals surface area contributed by atoms with Crippen molar-refractivity contribution in [3.05, 3.63) is 89.0 Å². The van der Waals surface area contributed by atoms with Crippen LogP contribution in [0.15, 0.2) is 71.6 Å². The molecule has 0 heterocycles. The number of aryl methyl sites for hydroxylation is 1. The Bertz CT molecular complexity index is 1210. The molecule has 7 nitrogen and oxygen atoms in total. The van der Waals surface area contributed by atoms with Gasteiger partial charge in [0.05, 0.1) is 5.56 Å². The van der Waals surface area contributed by atoms with Gasteiger partial charge >= 0.3 is 18.0 Å². The van der Waals surface area contributed by atoms with Gasteiger partial charge in [-0.3, -0.25) is 0 Å². The molecule has 0 saturated carbocycles. The standard InChI is InChI=1S/C26H23NO6S/c1-15-10-11-23(20(12-15)24(28)29)34-14-22(25(30)31)27-26(32)33-13-21-18-8-4-2-6-16(18)17-7-3-5-9-19(17)21/h2-12,21-22H,13-14H2,1H3,(H,27,32)(H,28,29)(H,30,31). The fourth-order valence-electron chi connectivity index (χ4n) is 4.07. The highest BCUT2D eigenvalue weighted by Gasteiger charge is 2.30. The lowest BCUT2D eigenvalue weighted by Crippen LogP contribution is -2.43. The zero-order chi connectivity index (χ0) is 24.2. The minimum absolute atomic E-state index is 0.0527. The highest BCUT2D eigenvalue weighted by molar-refractivity contribution is 7.99. The molecule has 3 aromatic carbocycles. The Morgan fingerprint density at radius 2 is 1.59 bits per heavy atom. The Morgan fingerprint density at radius 1 is 0.971 bits per heavy atom. The van der Waals surface area contributed by atoms with Gasteiger partial charge < -0.3 is 20.3 Å². The number of amides is 1. The predicted octanol–water partition coefficient (Wildman–Crippen LogP) is 4.78. The maximum Gasteiger partial charge on any atom is 0.407 e. The van der Waals surface area contributed by atoms with Gasteiger partial charge in [0.1, 0.15) is 12.6 Å². The summed E-state index contributed by atoms with van der Waals surface area (Å²) in [5.74, 6) is -2.52. The van der Waals surface area contributed by atoms with E-state index in [9.17, 15) is 24.6 Å². The zero-order valence-corrected chi connectivity index (χ0v) is 19.2. The molecule has 1 aliphatic carbocycles. The molecule has 3 N–H and O–H groups in total. The Hall–Kier alpha value is -3.78. The summed E-state index contributed by atoms with van der Waals surface area (Å²) in [5.41, 5.74) is 5.19. The molecule has 1 aliphatic rings. The van der Waals surface area contributed by atoms with E-state index in [4.69, 9.17) is 4.74 Å². The summed E-state index contributed by atoms with van der Waals surface area (Å²) in [5, 5.41) is 21.4. The number of carbonyl (C=O) groups excluding carboxylic acids is 1. The Kier molecular flexibility index (Phi) is 6.88. The largest absolute Gasteiger partial charge is 0.480 e. The number of carbonyl (C=O) groups is 3. The summed E-state index contributed by atoms with van der Waals surface area (Å²) in [6.45, 7) is 1.85. The molecule has 1 unspecified atom stereocenters. The number of hydrogen-bond acceptors (Lipinski definition) is 5. The van der Waals surface area contributed by atoms with E-state index in [2.05, 4.69) is 5.32 Å². The first kappa shape index (κ1) is 23.4. The van der Waals surface area contributed by atoms with Crippen LogP contribution in [0.3, 0.4) is 0 Å². The average Bonchev–Trinajstić information content (AvgIpc) is 3.14. The lowest BCUT2D eigenvalue weighted by molar-refractivity contribution is -0.138. The van der Waals surface area contributed by atoms with Crippen LogP contribution in [-0.4, -0.2) is 46.6 Å². The molecule has 0 aromatic heterocycles. The van der Waals surface area contributed by atoms with E-state index >= 15 is 0 Å². The van der Waals surface area contributed by atoms with Crippen LogP contribution in [0, 0.1) is 6.92 Å². The Morgan fingerprint density at radius 3 is 2.18 bits per heavy atom. The third kappa shape index (κ3) is 4.92. The van der Waals surface area contributed by atoms with E-state index in [-0.39, 0.29) is 23.8 Å². The van der Waals surface area contributed by atoms with Crippen molar-refractivity contribution in [2.45, 2.75) is 23.8 Å². The molecule has 0 saturated heterocycles. The van der Waals surface area contributed by atoms with Gasteiger partial charge in [-0.1, -0.05) is 60.2 Å². The number of rotatable bonds is 8. The van der Waals surface area contributed by atoms with Gasteiger partial charge in [0.2, 0.25) is 0 Å². The molecule has 1 amide bonds. The third-order valence-corrected chi connectivity index (χ3v) is 6.87. The molecule has 34 heavy (non-hydrogen) atoms. The number of carboxylic acids is 2. The van der Waals surface area contributed by atoms with E-state index in [1.54, 1.807) is 19.1 Å². The molecule has 3 aromatic rings. The molecule has 0 spiro atoms. The molecule has 8 heteroatoms. The van der Waals surface area contributed by atoms with E-state index in [0.29, 0.717) is 4.90 Å². The average molecular weight is 478 g/mol. The van der Waals surface area contributed by atoms with Gasteiger partial charge in [-0.15, -0.1) is 11.8 Å². The number of alkyl carbamates (subject to hydrolysis) is 1. The van der Waals surface area contributed by atoms with Crippen LogP contribution in [0.25, 0.3) is 11.1 Å². The van der Waals surface area contributed by atoms with E-state index in [1.807, 2.05) is 48.5 Å².